The van der Waals surface area contributed by atoms with Gasteiger partial charge in [0, 0.05) is 6.04 Å². The molecule has 1 fully saturated rings. The molecule has 0 bridgehead atoms. The molecule has 1 saturated carbocycles. The molecule has 0 radical (unpaired) electrons. The maximum atomic E-state index is 11.7. The van der Waals surface area contributed by atoms with Gasteiger partial charge in [-0.1, -0.05) is 19.3 Å². The number of carbonyl (C=O) groups excluding carboxylic acids is 2. The van der Waals surface area contributed by atoms with Crippen LogP contribution in [0.15, 0.2) is 22.8 Å². The average Bonchev–Trinajstić information content (AvgIpc) is 3.00. The van der Waals surface area contributed by atoms with Gasteiger partial charge in [0.15, 0.2) is 12.3 Å². The third-order valence-electron chi connectivity index (χ3n) is 3.84. The summed E-state index contributed by atoms with van der Waals surface area (Å²) in [4.78, 5) is 23.5. The Morgan fingerprint density at radius 3 is 2.81 bits per heavy atom. The smallest absolute Gasteiger partial charge is 0.321 e. The van der Waals surface area contributed by atoms with E-state index in [4.69, 9.17) is 4.42 Å². The van der Waals surface area contributed by atoms with Crippen LogP contribution in [0.4, 0.5) is 4.79 Å². The van der Waals surface area contributed by atoms with Gasteiger partial charge in [0.1, 0.15) is 6.04 Å². The van der Waals surface area contributed by atoms with Crippen LogP contribution in [0.3, 0.4) is 0 Å². The van der Waals surface area contributed by atoms with Crippen LogP contribution in [0.2, 0.25) is 0 Å². The fourth-order valence-electron chi connectivity index (χ4n) is 2.60. The molecule has 0 unspecified atom stereocenters. The second kappa shape index (κ2) is 7.83. The molecule has 1 aromatic heterocycles. The first kappa shape index (κ1) is 15.6. The highest BCUT2D eigenvalue weighted by atomic mass is 16.3. The Morgan fingerprint density at radius 1 is 1.38 bits per heavy atom. The highest BCUT2D eigenvalue weighted by Gasteiger charge is 2.18. The summed E-state index contributed by atoms with van der Waals surface area (Å²) in [6.07, 6.45) is 7.14. The Hall–Kier alpha value is -1.82. The van der Waals surface area contributed by atoms with Crippen LogP contribution in [0.5, 0.6) is 0 Å². The third kappa shape index (κ3) is 5.23. The number of amides is 3. The van der Waals surface area contributed by atoms with Crippen LogP contribution in [0.1, 0.15) is 50.8 Å². The van der Waals surface area contributed by atoms with Crippen molar-refractivity contribution in [3.8, 4) is 0 Å². The topological polar surface area (TPSA) is 88.0 Å². The lowest BCUT2D eigenvalue weighted by Gasteiger charge is -2.22. The molecule has 4 N–H and O–H groups in total. The van der Waals surface area contributed by atoms with Gasteiger partial charge in [-0.15, -0.1) is 0 Å². The summed E-state index contributed by atoms with van der Waals surface area (Å²) in [6.45, 7) is 2.15. The Labute approximate surface area is 124 Å². The van der Waals surface area contributed by atoms with Gasteiger partial charge in [-0.05, 0) is 31.9 Å². The van der Waals surface area contributed by atoms with E-state index >= 15 is 0 Å². The second-order valence-electron chi connectivity index (χ2n) is 5.60. The number of rotatable bonds is 5. The fourth-order valence-corrected chi connectivity index (χ4v) is 2.60. The Kier molecular flexibility index (Phi) is 5.80. The zero-order valence-electron chi connectivity index (χ0n) is 12.4. The van der Waals surface area contributed by atoms with Gasteiger partial charge in [-0.3, -0.25) is 10.1 Å². The summed E-state index contributed by atoms with van der Waals surface area (Å²) >= 11 is 0. The number of urea groups is 1. The average molecular weight is 294 g/mol. The van der Waals surface area contributed by atoms with Gasteiger partial charge in [0.05, 0.1) is 6.26 Å². The number of hydrogen-bond acceptors (Lipinski definition) is 3. The number of hydrogen-bond donors (Lipinski definition) is 3. The van der Waals surface area contributed by atoms with Crippen molar-refractivity contribution in [1.29, 1.82) is 0 Å². The maximum absolute atomic E-state index is 11.7. The van der Waals surface area contributed by atoms with Crippen molar-refractivity contribution in [2.24, 2.45) is 0 Å². The van der Waals surface area contributed by atoms with E-state index in [1.807, 2.05) is 24.4 Å². The normalized spacial score (nSPS) is 17.2. The van der Waals surface area contributed by atoms with E-state index in [-0.39, 0.29) is 30.6 Å². The van der Waals surface area contributed by atoms with Crippen molar-refractivity contribution in [3.05, 3.63) is 24.2 Å². The first-order valence-corrected chi connectivity index (χ1v) is 7.62. The molecule has 6 heteroatoms. The molecule has 1 aliphatic rings. The van der Waals surface area contributed by atoms with Gasteiger partial charge in [-0.25, -0.2) is 4.79 Å². The van der Waals surface area contributed by atoms with E-state index in [2.05, 4.69) is 10.6 Å². The van der Waals surface area contributed by atoms with Gasteiger partial charge >= 0.3 is 6.03 Å². The molecule has 1 atom stereocenters. The summed E-state index contributed by atoms with van der Waals surface area (Å²) < 4.78 is 5.27. The van der Waals surface area contributed by atoms with Crippen molar-refractivity contribution in [1.82, 2.24) is 10.6 Å². The maximum Gasteiger partial charge on any atom is 0.321 e. The van der Waals surface area contributed by atoms with E-state index in [1.54, 1.807) is 6.26 Å². The van der Waals surface area contributed by atoms with Crippen molar-refractivity contribution in [2.75, 3.05) is 6.54 Å². The van der Waals surface area contributed by atoms with Crippen LogP contribution >= 0.6 is 0 Å². The first-order valence-electron chi connectivity index (χ1n) is 7.62. The molecule has 2 rings (SSSR count). The number of imide groups is 1. The predicted molar refractivity (Wildman–Crippen MR) is 77.5 cm³/mol. The minimum atomic E-state index is -0.383. The van der Waals surface area contributed by atoms with Crippen molar-refractivity contribution < 1.29 is 19.3 Å². The lowest BCUT2D eigenvalue weighted by atomic mass is 9.96. The minimum absolute atomic E-state index is 0.0483. The molecule has 1 aromatic rings. The summed E-state index contributed by atoms with van der Waals surface area (Å²) in [5.41, 5.74) is 0. The SMILES string of the molecule is C[C@@H]([NH2+]CC(=O)NC(=O)NC1CCCCC1)c1ccco1. The van der Waals surface area contributed by atoms with Gasteiger partial charge in [0.2, 0.25) is 0 Å². The van der Waals surface area contributed by atoms with E-state index in [0.29, 0.717) is 0 Å². The first-order chi connectivity index (χ1) is 10.1. The third-order valence-corrected chi connectivity index (χ3v) is 3.84. The van der Waals surface area contributed by atoms with E-state index in [9.17, 15) is 9.59 Å². The zero-order chi connectivity index (χ0) is 15.1. The van der Waals surface area contributed by atoms with Crippen LogP contribution in [-0.4, -0.2) is 24.5 Å². The molecule has 21 heavy (non-hydrogen) atoms. The Morgan fingerprint density at radius 2 is 2.14 bits per heavy atom. The molecule has 0 spiro atoms. The van der Waals surface area contributed by atoms with Crippen LogP contribution in [0, 0.1) is 0 Å². The number of quaternary nitrogens is 1. The molecule has 1 aliphatic carbocycles. The standard InChI is InChI=1S/C15H23N3O3/c1-11(13-8-5-9-21-13)16-10-14(19)18-15(20)17-12-6-3-2-4-7-12/h5,8-9,11-12,16H,2-4,6-7,10H2,1H3,(H2,17,18,19,20)/p+1/t11-/m1/s1. The molecular formula is C15H24N3O3+. The van der Waals surface area contributed by atoms with Gasteiger partial charge in [-0.2, -0.15) is 0 Å². The number of nitrogens with one attached hydrogen (secondary N) is 2. The summed E-state index contributed by atoms with van der Waals surface area (Å²) in [5.74, 6) is 0.524. The molecule has 0 aromatic carbocycles. The lowest BCUT2D eigenvalue weighted by Crippen LogP contribution is -2.87. The molecule has 0 aliphatic heterocycles. The molecule has 3 amide bonds. The number of carbonyl (C=O) groups is 2. The molecule has 0 saturated heterocycles. The van der Waals surface area contributed by atoms with Gasteiger partial charge < -0.3 is 15.1 Å². The highest BCUT2D eigenvalue weighted by molar-refractivity contribution is 5.94. The quantitative estimate of drug-likeness (QED) is 0.759. The van der Waals surface area contributed by atoms with Crippen LogP contribution in [0.25, 0.3) is 0 Å². The summed E-state index contributed by atoms with van der Waals surface area (Å²) in [6, 6.07) is 3.56. The minimum Gasteiger partial charge on any atom is -0.463 e. The van der Waals surface area contributed by atoms with Gasteiger partial charge in [0.25, 0.3) is 5.91 Å². The summed E-state index contributed by atoms with van der Waals surface area (Å²) in [5, 5.41) is 7.07. The van der Waals surface area contributed by atoms with Crippen molar-refractivity contribution >= 4 is 11.9 Å². The Bertz CT molecular complexity index is 453. The zero-order valence-corrected chi connectivity index (χ0v) is 12.4. The van der Waals surface area contributed by atoms with E-state index in [0.717, 1.165) is 31.4 Å². The second-order valence-corrected chi connectivity index (χ2v) is 5.60. The fraction of sp³-hybridized carbons (Fsp3) is 0.600. The molecule has 1 heterocycles. The predicted octanol–water partition coefficient (Wildman–Crippen LogP) is 1.06. The monoisotopic (exact) mass is 294 g/mol. The molecular weight excluding hydrogens is 270 g/mol. The van der Waals surface area contributed by atoms with Crippen molar-refractivity contribution in [2.45, 2.75) is 51.1 Å². The summed E-state index contributed by atoms with van der Waals surface area (Å²) in [7, 11) is 0. The molecule has 6 nitrogen and oxygen atoms in total. The number of furan rings is 1. The Balaban J connectivity index is 1.65. The van der Waals surface area contributed by atoms with E-state index in [1.165, 1.54) is 6.42 Å². The molecule has 116 valence electrons. The van der Waals surface area contributed by atoms with Crippen LogP contribution in [-0.2, 0) is 4.79 Å². The number of nitrogens with two attached hydrogens (primary N) is 1. The van der Waals surface area contributed by atoms with E-state index < -0.39 is 0 Å². The highest BCUT2D eigenvalue weighted by Crippen LogP contribution is 2.17. The largest absolute Gasteiger partial charge is 0.463 e. The van der Waals surface area contributed by atoms with Crippen molar-refractivity contribution in [3.63, 3.8) is 0 Å². The lowest BCUT2D eigenvalue weighted by molar-refractivity contribution is -0.684. The van der Waals surface area contributed by atoms with Crippen LogP contribution < -0.4 is 16.0 Å².